The molecule has 0 amide bonds. The second kappa shape index (κ2) is 6.59. The lowest BCUT2D eigenvalue weighted by Gasteiger charge is -2.33. The Bertz CT molecular complexity index is 599. The third kappa shape index (κ3) is 3.45. The number of halogens is 2. The van der Waals surface area contributed by atoms with Crippen LogP contribution in [0.25, 0.3) is 0 Å². The van der Waals surface area contributed by atoms with Crippen LogP contribution in [0, 0.1) is 11.7 Å². The third-order valence-electron chi connectivity index (χ3n) is 4.31. The van der Waals surface area contributed by atoms with Crippen LogP contribution in [0.4, 0.5) is 4.39 Å². The molecule has 0 bridgehead atoms. The Balaban J connectivity index is 1.84. The highest BCUT2D eigenvalue weighted by atomic mass is 35.5. The van der Waals surface area contributed by atoms with Gasteiger partial charge in [-0.3, -0.25) is 0 Å². The van der Waals surface area contributed by atoms with Crippen molar-refractivity contribution in [3.05, 3.63) is 70.5 Å². The van der Waals surface area contributed by atoms with Crippen LogP contribution in [0.1, 0.15) is 23.5 Å². The van der Waals surface area contributed by atoms with Crippen LogP contribution in [0.15, 0.2) is 48.5 Å². The summed E-state index contributed by atoms with van der Waals surface area (Å²) in [7, 11) is 0. The first-order valence-electron chi connectivity index (χ1n) is 7.43. The maximum Gasteiger partial charge on any atom is 0.128 e. The maximum absolute atomic E-state index is 14.2. The molecule has 0 aromatic heterocycles. The number of nitrogens with one attached hydrogen (secondary N) is 1. The van der Waals surface area contributed by atoms with Gasteiger partial charge >= 0.3 is 0 Å². The Hall–Kier alpha value is -1.38. The molecule has 1 saturated heterocycles. The topological polar surface area (TPSA) is 12.0 Å². The van der Waals surface area contributed by atoms with Crippen LogP contribution in [0.2, 0.25) is 5.02 Å². The van der Waals surface area contributed by atoms with Crippen molar-refractivity contribution >= 4 is 11.6 Å². The molecule has 1 aliphatic heterocycles. The zero-order valence-electron chi connectivity index (χ0n) is 11.9. The number of piperidine rings is 1. The summed E-state index contributed by atoms with van der Waals surface area (Å²) >= 11 is 5.87. The van der Waals surface area contributed by atoms with E-state index in [1.807, 2.05) is 12.1 Å². The van der Waals surface area contributed by atoms with Crippen LogP contribution in [-0.2, 0) is 6.42 Å². The number of hydrogen-bond donors (Lipinski definition) is 1. The van der Waals surface area contributed by atoms with Crippen molar-refractivity contribution in [2.24, 2.45) is 5.92 Å². The standard InChI is InChI=1S/C18H19ClFN/c19-15-6-7-17(18(20)11-15)16-8-9-21-12-14(16)10-13-4-2-1-3-5-13/h1-7,11,14,16,21H,8-10,12H2. The first-order chi connectivity index (χ1) is 10.2. The molecule has 2 atom stereocenters. The van der Waals surface area contributed by atoms with Crippen LogP contribution < -0.4 is 5.32 Å². The first kappa shape index (κ1) is 14.6. The van der Waals surface area contributed by atoms with Crippen molar-refractivity contribution in [1.29, 1.82) is 0 Å². The molecule has 2 aromatic rings. The second-order valence-corrected chi connectivity index (χ2v) is 6.15. The third-order valence-corrected chi connectivity index (χ3v) is 4.55. The van der Waals surface area contributed by atoms with E-state index in [0.29, 0.717) is 10.9 Å². The summed E-state index contributed by atoms with van der Waals surface area (Å²) in [6, 6.07) is 15.5. The van der Waals surface area contributed by atoms with Crippen LogP contribution >= 0.6 is 11.6 Å². The molecule has 0 aliphatic carbocycles. The summed E-state index contributed by atoms with van der Waals surface area (Å²) in [6.45, 7) is 1.87. The van der Waals surface area contributed by atoms with E-state index in [1.165, 1.54) is 11.6 Å². The average molecular weight is 304 g/mol. The van der Waals surface area contributed by atoms with E-state index >= 15 is 0 Å². The number of hydrogen-bond acceptors (Lipinski definition) is 1. The molecule has 2 aromatic carbocycles. The largest absolute Gasteiger partial charge is 0.316 e. The van der Waals surface area contributed by atoms with E-state index in [-0.39, 0.29) is 11.7 Å². The Morgan fingerprint density at radius 3 is 2.71 bits per heavy atom. The number of benzene rings is 2. The summed E-state index contributed by atoms with van der Waals surface area (Å²) in [5.74, 6) is 0.494. The minimum Gasteiger partial charge on any atom is -0.316 e. The highest BCUT2D eigenvalue weighted by Gasteiger charge is 2.28. The molecule has 0 saturated carbocycles. The molecule has 1 heterocycles. The molecule has 21 heavy (non-hydrogen) atoms. The van der Waals surface area contributed by atoms with Gasteiger partial charge in [-0.25, -0.2) is 4.39 Å². The summed E-state index contributed by atoms with van der Waals surface area (Å²) < 4.78 is 14.2. The molecule has 1 nitrogen and oxygen atoms in total. The minimum atomic E-state index is -0.174. The van der Waals surface area contributed by atoms with E-state index in [2.05, 4.69) is 29.6 Å². The fourth-order valence-corrected chi connectivity index (χ4v) is 3.42. The van der Waals surface area contributed by atoms with Crippen molar-refractivity contribution in [2.75, 3.05) is 13.1 Å². The molecule has 1 fully saturated rings. The molecular weight excluding hydrogens is 285 g/mol. The van der Waals surface area contributed by atoms with E-state index in [4.69, 9.17) is 11.6 Å². The van der Waals surface area contributed by atoms with E-state index < -0.39 is 0 Å². The zero-order valence-corrected chi connectivity index (χ0v) is 12.6. The van der Waals surface area contributed by atoms with Gasteiger partial charge in [0.1, 0.15) is 5.82 Å². The molecule has 3 heteroatoms. The molecule has 2 unspecified atom stereocenters. The van der Waals surface area contributed by atoms with Crippen LogP contribution in [-0.4, -0.2) is 13.1 Å². The van der Waals surface area contributed by atoms with E-state index in [0.717, 1.165) is 31.5 Å². The SMILES string of the molecule is Fc1cc(Cl)ccc1C1CCNCC1Cc1ccccc1. The zero-order chi connectivity index (χ0) is 14.7. The van der Waals surface area contributed by atoms with E-state index in [1.54, 1.807) is 6.07 Å². The van der Waals surface area contributed by atoms with Crippen LogP contribution in [0.5, 0.6) is 0 Å². The van der Waals surface area contributed by atoms with Crippen molar-refractivity contribution < 1.29 is 4.39 Å². The highest BCUT2D eigenvalue weighted by Crippen LogP contribution is 2.34. The monoisotopic (exact) mass is 303 g/mol. The lowest BCUT2D eigenvalue weighted by molar-refractivity contribution is 0.317. The molecular formula is C18H19ClFN. The predicted octanol–water partition coefficient (Wildman–Crippen LogP) is 4.41. The van der Waals surface area contributed by atoms with Gasteiger partial charge < -0.3 is 5.32 Å². The minimum absolute atomic E-state index is 0.174. The van der Waals surface area contributed by atoms with E-state index in [9.17, 15) is 4.39 Å². The van der Waals surface area contributed by atoms with Gasteiger partial charge in [0, 0.05) is 5.02 Å². The smallest absolute Gasteiger partial charge is 0.128 e. The Morgan fingerprint density at radius 1 is 1.14 bits per heavy atom. The van der Waals surface area contributed by atoms with Gasteiger partial charge in [0.05, 0.1) is 0 Å². The first-order valence-corrected chi connectivity index (χ1v) is 7.81. The van der Waals surface area contributed by atoms with Crippen molar-refractivity contribution in [2.45, 2.75) is 18.8 Å². The summed E-state index contributed by atoms with van der Waals surface area (Å²) in [4.78, 5) is 0. The summed E-state index contributed by atoms with van der Waals surface area (Å²) in [6.07, 6.45) is 1.94. The lowest BCUT2D eigenvalue weighted by Crippen LogP contribution is -2.36. The molecule has 0 spiro atoms. The number of rotatable bonds is 3. The van der Waals surface area contributed by atoms with Crippen LogP contribution in [0.3, 0.4) is 0 Å². The molecule has 1 N–H and O–H groups in total. The van der Waals surface area contributed by atoms with Crippen molar-refractivity contribution in [3.8, 4) is 0 Å². The normalized spacial score (nSPS) is 22.2. The molecule has 0 radical (unpaired) electrons. The van der Waals surface area contributed by atoms with Gasteiger partial charge in [-0.15, -0.1) is 0 Å². The average Bonchev–Trinajstić information content (AvgIpc) is 2.49. The summed E-state index contributed by atoms with van der Waals surface area (Å²) in [5, 5.41) is 3.90. The molecule has 1 aliphatic rings. The fourth-order valence-electron chi connectivity index (χ4n) is 3.27. The molecule has 3 rings (SSSR count). The summed E-state index contributed by atoms with van der Waals surface area (Å²) in [5.41, 5.74) is 2.12. The highest BCUT2D eigenvalue weighted by molar-refractivity contribution is 6.30. The maximum atomic E-state index is 14.2. The van der Waals surface area contributed by atoms with Gasteiger partial charge in [0.25, 0.3) is 0 Å². The predicted molar refractivity (Wildman–Crippen MR) is 85.3 cm³/mol. The Kier molecular flexibility index (Phi) is 4.57. The Morgan fingerprint density at radius 2 is 1.95 bits per heavy atom. The van der Waals surface area contributed by atoms with Crippen molar-refractivity contribution in [3.63, 3.8) is 0 Å². The second-order valence-electron chi connectivity index (χ2n) is 5.71. The lowest BCUT2D eigenvalue weighted by atomic mass is 9.78. The fraction of sp³-hybridized carbons (Fsp3) is 0.333. The van der Waals surface area contributed by atoms with Crippen molar-refractivity contribution in [1.82, 2.24) is 5.32 Å². The van der Waals surface area contributed by atoms with Gasteiger partial charge in [-0.05, 0) is 61.0 Å². The quantitative estimate of drug-likeness (QED) is 0.885. The van der Waals surface area contributed by atoms with Gasteiger partial charge in [0.2, 0.25) is 0 Å². The van der Waals surface area contributed by atoms with Gasteiger partial charge in [0.15, 0.2) is 0 Å². The molecule has 110 valence electrons. The van der Waals surface area contributed by atoms with Gasteiger partial charge in [-0.2, -0.15) is 0 Å². The van der Waals surface area contributed by atoms with Gasteiger partial charge in [-0.1, -0.05) is 48.0 Å². The Labute approximate surface area is 130 Å².